The van der Waals surface area contributed by atoms with E-state index in [0.717, 1.165) is 36.8 Å². The molecule has 1 fully saturated rings. The Morgan fingerprint density at radius 3 is 2.74 bits per heavy atom. The van der Waals surface area contributed by atoms with E-state index in [4.69, 9.17) is 0 Å². The number of rotatable bonds is 9. The van der Waals surface area contributed by atoms with E-state index in [0.29, 0.717) is 12.8 Å². The molecule has 1 unspecified atom stereocenters. The van der Waals surface area contributed by atoms with Gasteiger partial charge >= 0.3 is 0 Å². The molecule has 0 radical (unpaired) electrons. The first-order valence-electron chi connectivity index (χ1n) is 8.07. The standard InChI is InChI=1S/C18H24NO3P/c1-2-3-4-5-9-12-17-13-18(17,19-15-20)23(21,22)14-16-10-7-6-8-11-16/h6-11,15H,2-5,13-14H2,1H3,(H,19,20)(H,21,22)/t12?,18-/m0/s1. The Hall–Kier alpha value is -1.60. The maximum Gasteiger partial charge on any atom is 0.234 e. The summed E-state index contributed by atoms with van der Waals surface area (Å²) in [6.07, 6.45) is 7.20. The average molecular weight is 333 g/mol. The zero-order chi connectivity index (χ0) is 16.8. The fourth-order valence-corrected chi connectivity index (χ4v) is 4.83. The van der Waals surface area contributed by atoms with Crippen LogP contribution in [0.3, 0.4) is 0 Å². The van der Waals surface area contributed by atoms with E-state index >= 15 is 0 Å². The van der Waals surface area contributed by atoms with Crippen molar-refractivity contribution in [3.05, 3.63) is 53.3 Å². The van der Waals surface area contributed by atoms with Gasteiger partial charge in [-0.25, -0.2) is 0 Å². The van der Waals surface area contributed by atoms with Crippen LogP contribution in [0.2, 0.25) is 0 Å². The summed E-state index contributed by atoms with van der Waals surface area (Å²) < 4.78 is 12.9. The largest absolute Gasteiger partial charge is 0.342 e. The number of carbonyl (C=O) groups is 1. The monoisotopic (exact) mass is 333 g/mol. The minimum absolute atomic E-state index is 0.0513. The molecule has 0 heterocycles. The lowest BCUT2D eigenvalue weighted by Crippen LogP contribution is -2.30. The fraction of sp³-hybridized carbons (Fsp3) is 0.444. The Bertz CT molecular complexity index is 649. The van der Waals surface area contributed by atoms with Gasteiger partial charge in [-0.15, -0.1) is 5.73 Å². The second-order valence-electron chi connectivity index (χ2n) is 5.97. The molecule has 0 aromatic heterocycles. The molecule has 4 nitrogen and oxygen atoms in total. The minimum Gasteiger partial charge on any atom is -0.342 e. The maximum absolute atomic E-state index is 12.9. The van der Waals surface area contributed by atoms with E-state index in [9.17, 15) is 14.3 Å². The summed E-state index contributed by atoms with van der Waals surface area (Å²) in [5.74, 6) is 0. The predicted octanol–water partition coefficient (Wildman–Crippen LogP) is 3.96. The molecule has 2 atom stereocenters. The van der Waals surface area contributed by atoms with Gasteiger partial charge < -0.3 is 10.2 Å². The van der Waals surface area contributed by atoms with Crippen molar-refractivity contribution >= 4 is 13.8 Å². The summed E-state index contributed by atoms with van der Waals surface area (Å²) >= 11 is 0. The average Bonchev–Trinajstić information content (AvgIpc) is 3.23. The third-order valence-electron chi connectivity index (χ3n) is 4.17. The molecule has 1 aromatic carbocycles. The molecule has 0 spiro atoms. The topological polar surface area (TPSA) is 66.4 Å². The molecule has 2 rings (SSSR count). The zero-order valence-corrected chi connectivity index (χ0v) is 14.4. The summed E-state index contributed by atoms with van der Waals surface area (Å²) in [5.41, 5.74) is 4.64. The highest BCUT2D eigenvalue weighted by molar-refractivity contribution is 7.59. The molecule has 1 saturated carbocycles. The number of hydrogen-bond acceptors (Lipinski definition) is 2. The lowest BCUT2D eigenvalue weighted by atomic mass is 10.2. The van der Waals surface area contributed by atoms with E-state index < -0.39 is 12.6 Å². The van der Waals surface area contributed by atoms with Crippen LogP contribution in [0.15, 0.2) is 47.7 Å². The van der Waals surface area contributed by atoms with E-state index in [-0.39, 0.29) is 6.16 Å². The Kier molecular flexibility index (Phi) is 6.01. The lowest BCUT2D eigenvalue weighted by molar-refractivity contribution is -0.109. The van der Waals surface area contributed by atoms with Gasteiger partial charge in [0.25, 0.3) is 0 Å². The Labute approximate surface area is 137 Å². The van der Waals surface area contributed by atoms with E-state index in [1.54, 1.807) is 0 Å². The SMILES string of the molecule is CCCCCC=C=C1C[C@]1(NC=O)P(=O)(O)Cc1ccccc1. The second-order valence-corrected chi connectivity index (χ2v) is 8.45. The first kappa shape index (κ1) is 17.7. The molecule has 124 valence electrons. The first-order chi connectivity index (χ1) is 11.1. The Morgan fingerprint density at radius 2 is 2.09 bits per heavy atom. The van der Waals surface area contributed by atoms with Crippen LogP contribution in [0.5, 0.6) is 0 Å². The van der Waals surface area contributed by atoms with Crippen molar-refractivity contribution in [2.45, 2.75) is 50.5 Å². The lowest BCUT2D eigenvalue weighted by Gasteiger charge is -2.21. The molecule has 23 heavy (non-hydrogen) atoms. The Morgan fingerprint density at radius 1 is 1.35 bits per heavy atom. The summed E-state index contributed by atoms with van der Waals surface area (Å²) in [6.45, 7) is 2.15. The number of amides is 1. The van der Waals surface area contributed by atoms with E-state index in [1.807, 2.05) is 36.4 Å². The summed E-state index contributed by atoms with van der Waals surface area (Å²) in [6, 6.07) is 9.19. The number of benzene rings is 1. The van der Waals surface area contributed by atoms with Gasteiger partial charge in [-0.3, -0.25) is 9.36 Å². The first-order valence-corrected chi connectivity index (χ1v) is 9.92. The van der Waals surface area contributed by atoms with Crippen LogP contribution in [-0.2, 0) is 15.5 Å². The van der Waals surface area contributed by atoms with Gasteiger partial charge in [-0.1, -0.05) is 50.1 Å². The van der Waals surface area contributed by atoms with Crippen LogP contribution < -0.4 is 5.32 Å². The minimum atomic E-state index is -3.60. The van der Waals surface area contributed by atoms with E-state index in [1.165, 1.54) is 0 Å². The maximum atomic E-state index is 12.9. The van der Waals surface area contributed by atoms with Crippen molar-refractivity contribution < 1.29 is 14.3 Å². The molecule has 0 aliphatic heterocycles. The number of hydrogen-bond donors (Lipinski definition) is 2. The number of unbranched alkanes of at least 4 members (excludes halogenated alkanes) is 3. The third-order valence-corrected chi connectivity index (χ3v) is 6.71. The smallest absolute Gasteiger partial charge is 0.234 e. The molecule has 1 aliphatic carbocycles. The normalized spacial score (nSPS) is 21.9. The highest BCUT2D eigenvalue weighted by atomic mass is 31.2. The molecule has 5 heteroatoms. The van der Waals surface area contributed by atoms with Crippen molar-refractivity contribution in [2.24, 2.45) is 0 Å². The number of carbonyl (C=O) groups excluding carboxylic acids is 1. The second kappa shape index (κ2) is 7.79. The van der Waals surface area contributed by atoms with Crippen molar-refractivity contribution in [3.8, 4) is 0 Å². The van der Waals surface area contributed by atoms with Crippen molar-refractivity contribution in [1.82, 2.24) is 5.32 Å². The van der Waals surface area contributed by atoms with Gasteiger partial charge in [-0.05, 0) is 24.5 Å². The number of nitrogens with one attached hydrogen (secondary N) is 1. The van der Waals surface area contributed by atoms with Gasteiger partial charge in [0.1, 0.15) is 5.28 Å². The van der Waals surface area contributed by atoms with Crippen LogP contribution in [0.4, 0.5) is 0 Å². The van der Waals surface area contributed by atoms with Crippen LogP contribution in [0.25, 0.3) is 0 Å². The van der Waals surface area contributed by atoms with Gasteiger partial charge in [-0.2, -0.15) is 0 Å². The Balaban J connectivity index is 2.14. The van der Waals surface area contributed by atoms with Crippen LogP contribution in [0, 0.1) is 0 Å². The van der Waals surface area contributed by atoms with Gasteiger partial charge in [0.15, 0.2) is 0 Å². The van der Waals surface area contributed by atoms with Crippen LogP contribution in [0.1, 0.15) is 44.6 Å². The highest BCUT2D eigenvalue weighted by Gasteiger charge is 2.62. The quantitative estimate of drug-likeness (QED) is 0.311. The fourth-order valence-electron chi connectivity index (χ4n) is 2.71. The molecule has 1 aliphatic rings. The molecular weight excluding hydrogens is 309 g/mol. The zero-order valence-electron chi connectivity index (χ0n) is 13.5. The summed E-state index contributed by atoms with van der Waals surface area (Å²) in [4.78, 5) is 21.5. The molecule has 2 N–H and O–H groups in total. The molecular formula is C18H24NO3P. The van der Waals surface area contributed by atoms with E-state index in [2.05, 4.69) is 18.0 Å². The molecule has 0 saturated heterocycles. The molecule has 1 amide bonds. The summed E-state index contributed by atoms with van der Waals surface area (Å²) in [7, 11) is -3.60. The summed E-state index contributed by atoms with van der Waals surface area (Å²) in [5, 5.41) is 1.46. The van der Waals surface area contributed by atoms with Crippen LogP contribution >= 0.6 is 7.37 Å². The molecule has 1 aromatic rings. The van der Waals surface area contributed by atoms with Gasteiger partial charge in [0, 0.05) is 12.0 Å². The van der Waals surface area contributed by atoms with Crippen molar-refractivity contribution in [3.63, 3.8) is 0 Å². The molecule has 0 bridgehead atoms. The van der Waals surface area contributed by atoms with Gasteiger partial charge in [0.05, 0.1) is 6.16 Å². The van der Waals surface area contributed by atoms with Crippen molar-refractivity contribution in [2.75, 3.05) is 0 Å². The van der Waals surface area contributed by atoms with Crippen molar-refractivity contribution in [1.29, 1.82) is 0 Å². The van der Waals surface area contributed by atoms with Crippen LogP contribution in [-0.4, -0.2) is 16.6 Å². The highest BCUT2D eigenvalue weighted by Crippen LogP contribution is 2.69. The predicted molar refractivity (Wildman–Crippen MR) is 92.3 cm³/mol. The third kappa shape index (κ3) is 4.23. The van der Waals surface area contributed by atoms with Gasteiger partial charge in [0.2, 0.25) is 13.8 Å².